The van der Waals surface area contributed by atoms with Gasteiger partial charge in [-0.2, -0.15) is 9.59 Å². The van der Waals surface area contributed by atoms with Crippen LogP contribution in [-0.4, -0.2) is 428 Å². The van der Waals surface area contributed by atoms with Crippen molar-refractivity contribution in [2.45, 2.75) is 431 Å². The van der Waals surface area contributed by atoms with Gasteiger partial charge in [-0.05, 0) is 135 Å². The fourth-order valence-electron chi connectivity index (χ4n) is 24.7. The van der Waals surface area contributed by atoms with Crippen LogP contribution >= 0.6 is 0 Å². The minimum absolute atomic E-state index is 0.0161. The zero-order chi connectivity index (χ0) is 102. The Labute approximate surface area is 806 Å². The van der Waals surface area contributed by atoms with Crippen LogP contribution in [0.4, 0.5) is 0 Å². The minimum atomic E-state index is -2.20. The van der Waals surface area contributed by atoms with Crippen molar-refractivity contribution in [3.05, 3.63) is 11.6 Å². The topological polar surface area (TPSA) is 707 Å². The molecule has 45 nitrogen and oxygen atoms in total. The van der Waals surface area contributed by atoms with Crippen LogP contribution in [0, 0.1) is 68.0 Å². The second-order valence-corrected chi connectivity index (χ2v) is 43.0. The van der Waals surface area contributed by atoms with Gasteiger partial charge in [0.05, 0.1) is 107 Å². The third-order valence-corrected chi connectivity index (χ3v) is 33.8. The summed E-state index contributed by atoms with van der Waals surface area (Å²) in [7, 11) is 0. The first-order valence-corrected chi connectivity index (χ1v) is 49.1. The molecule has 4 saturated carbocycles. The van der Waals surface area contributed by atoms with E-state index in [0.29, 0.717) is 57.8 Å². The Morgan fingerprint density at radius 2 is 1.10 bits per heavy atom. The number of ketones is 1. The molecule has 8 saturated heterocycles. The number of aldehydes is 1. The number of carbonyl (C=O) groups is 4. The fourth-order valence-corrected chi connectivity index (χ4v) is 24.7. The molecule has 50 atom stereocenters. The lowest BCUT2D eigenvalue weighted by molar-refractivity contribution is -0.384. The van der Waals surface area contributed by atoms with Crippen molar-refractivity contribution in [1.82, 2.24) is 5.32 Å². The standard InChI is InChI=1S/C93H153NO42.CO2/c1-13-39(4)42(24-43(99)26-45(101)27-52(40(5)14-2)127-81-68(114)62(108)51(15-3)126-81)25-44(100)28-59(106)94-60-53(31-95)128-84(75(64(60)110)134-80-70(116)66(112)72(41(6)125-80)131-79-71(117)73(49(103)34-122-79)132-85-77(118)92(120,37-98)38-124-85)136-86(119)93-23-22-87(7,8)29-47(93)46-16-17-56-88(9)20-19-58(89(10,36-97)55(88)18-21-90(56,11)91(46,12)30-57(93)105)130-83-76(135-82-69(115)65(111)63(109)54(32-96)129-82)74(50(104)35-123-83)133-78-67(113)61(107)48(102)33-121-78;2-1-3/h16,36,39-42,44-45,47-58,60-85,95-96,98,100-105,107-118,120H,13-15,17-35,37-38H2,1-12H3,(H,94,106);/t39-,40-,41?,42+,44+,45-,47?,48-,49-,50-,51+,52+,53?,54?,55-,56?,57?,58+,60+,61+,62-,63+,64?,65+,66?,67?,68?,69?,70+,71-,72+,73?,74+,75-,76?,77?,78+,79+,80+,81+,82+,83+,84+,85+,88?,89-,90+,91-,92+,93-;/m1./s1. The van der Waals surface area contributed by atoms with Crippen LogP contribution in [0.15, 0.2) is 11.6 Å². The van der Waals surface area contributed by atoms with E-state index in [9.17, 15) is 127 Å². The van der Waals surface area contributed by atoms with Crippen LogP contribution < -0.4 is 5.32 Å². The van der Waals surface area contributed by atoms with Crippen LogP contribution in [0.3, 0.4) is 0 Å². The summed E-state index contributed by atoms with van der Waals surface area (Å²) in [4.78, 5) is 75.6. The molecule has 798 valence electrons. The van der Waals surface area contributed by atoms with Gasteiger partial charge in [-0.1, -0.05) is 101 Å². The predicted molar refractivity (Wildman–Crippen MR) is 466 cm³/mol. The van der Waals surface area contributed by atoms with E-state index in [4.69, 9.17) is 85.4 Å². The van der Waals surface area contributed by atoms with E-state index in [0.717, 1.165) is 11.9 Å². The highest BCUT2D eigenvalue weighted by atomic mass is 16.8. The summed E-state index contributed by atoms with van der Waals surface area (Å²) < 4.78 is 97.5. The highest BCUT2D eigenvalue weighted by Gasteiger charge is 2.74. The Balaban J connectivity index is 0.00000569. The van der Waals surface area contributed by atoms with Gasteiger partial charge in [0.2, 0.25) is 12.2 Å². The second-order valence-electron chi connectivity index (χ2n) is 43.0. The molecule has 0 aromatic heterocycles. The number of Topliss-reactive ketones (excluding diaryl/α,β-unsaturated/α-hetero) is 1. The molecule has 0 radical (unpaired) electrons. The highest BCUT2D eigenvalue weighted by molar-refractivity contribution is 5.80. The SMILES string of the molecule is CC[C@@H](C)[C@@H](CC(=O)C[C@@H](O)C[C@H](O[C@@H]1O[C@@H](CC)[C@@H](O)C1O)[C@H](C)CC)C[C@H](O)CC(=O)N[C@H]1C(CO)O[C@@H](OC(=O)[C@]23CCC(C)(C)CC2C2=CCC4C5(C)CC[C@H](O[C@@H]6OC[C@@H](O)[C@H](O[C@@H]7OC[C@@H](O)[C@H](O)C7O)C6O[C@@H]6OC(CO)[C@H](O)[C@H](O)C6O)[C@](C)(C=O)[C@@H]5CC[C@]4(C)[C@]2(C)CC3O)[C@H](O[C@@H]2OC(C)[C@H](O[C@@H]3OC[C@@H](O)C(O[C@@H]4OC[C@@](O)(CO)C4O)[C@H]3O)C(O)[C@@H]2O)C1O.O=C=O. The molecule has 1 amide bonds. The van der Waals surface area contributed by atoms with Gasteiger partial charge >= 0.3 is 12.1 Å². The molecule has 0 aromatic carbocycles. The summed E-state index contributed by atoms with van der Waals surface area (Å²) in [5, 5.41) is 250. The molecular formula is C94H153NO44. The molecule has 0 bridgehead atoms. The molecule has 13 aliphatic rings. The van der Waals surface area contributed by atoms with E-state index in [2.05, 4.69) is 32.2 Å². The Morgan fingerprint density at radius 1 is 0.540 bits per heavy atom. The first-order valence-electron chi connectivity index (χ1n) is 49.1. The molecule has 13 rings (SSSR count). The maximum atomic E-state index is 16.4. The van der Waals surface area contributed by atoms with Crippen LogP contribution in [-0.2, 0) is 105 Å². The first-order chi connectivity index (χ1) is 65.4. The summed E-state index contributed by atoms with van der Waals surface area (Å²) >= 11 is 0. The number of carbonyl (C=O) groups excluding carboxylic acids is 6. The average Bonchev–Trinajstić information content (AvgIpc) is 1.06. The number of hydrogen-bond acceptors (Lipinski definition) is 44. The number of aliphatic hydroxyl groups excluding tert-OH is 21. The number of ether oxygens (including phenoxy) is 16. The Morgan fingerprint density at radius 3 is 1.73 bits per heavy atom. The highest BCUT2D eigenvalue weighted by Crippen LogP contribution is 2.76. The molecule has 0 aromatic rings. The number of aliphatic hydroxyl groups is 22. The largest absolute Gasteiger partial charge is 0.432 e. The molecule has 12 fully saturated rings. The molecule has 45 heteroatoms. The van der Waals surface area contributed by atoms with Gasteiger partial charge in [0.25, 0.3) is 0 Å². The van der Waals surface area contributed by atoms with E-state index in [1.54, 1.807) is 13.8 Å². The number of rotatable bonds is 36. The molecule has 0 spiro atoms. The smallest absolute Gasteiger partial charge is 0.373 e. The van der Waals surface area contributed by atoms with Gasteiger partial charge in [-0.15, -0.1) is 0 Å². The van der Waals surface area contributed by atoms with E-state index in [1.807, 2.05) is 41.5 Å². The summed E-state index contributed by atoms with van der Waals surface area (Å²) in [6.07, 6.45) is -54.5. The number of esters is 1. The number of fused-ring (bicyclic) bond motifs is 7. The normalized spacial score (nSPS) is 47.8. The Bertz CT molecular complexity index is 4080. The third-order valence-electron chi connectivity index (χ3n) is 33.8. The monoisotopic (exact) mass is 2000 g/mol. The molecular weight excluding hydrogens is 1850 g/mol. The van der Waals surface area contributed by atoms with Gasteiger partial charge in [-0.25, -0.2) is 0 Å². The van der Waals surface area contributed by atoms with Gasteiger partial charge in [0.15, 0.2) is 50.1 Å². The van der Waals surface area contributed by atoms with Crippen molar-refractivity contribution in [3.8, 4) is 0 Å². The number of hydrogen-bond donors (Lipinski definition) is 23. The number of nitrogens with one attached hydrogen (secondary N) is 1. The van der Waals surface area contributed by atoms with Crippen molar-refractivity contribution in [1.29, 1.82) is 0 Å². The Kier molecular flexibility index (Phi) is 37.9. The lowest BCUT2D eigenvalue weighted by Crippen LogP contribution is -2.70. The van der Waals surface area contributed by atoms with Crippen LogP contribution in [0.25, 0.3) is 0 Å². The molecule has 15 unspecified atom stereocenters. The van der Waals surface area contributed by atoms with Crippen LogP contribution in [0.2, 0.25) is 0 Å². The van der Waals surface area contributed by atoms with Crippen LogP contribution in [0.5, 0.6) is 0 Å². The summed E-state index contributed by atoms with van der Waals surface area (Å²) in [5.41, 5.74) is -7.25. The lowest BCUT2D eigenvalue weighted by Gasteiger charge is -2.71. The van der Waals surface area contributed by atoms with E-state index >= 15 is 4.79 Å². The van der Waals surface area contributed by atoms with Crippen molar-refractivity contribution in [3.63, 3.8) is 0 Å². The maximum absolute atomic E-state index is 16.4. The van der Waals surface area contributed by atoms with E-state index in [1.165, 1.54) is 6.92 Å². The molecule has 8 heterocycles. The second kappa shape index (κ2) is 46.4. The van der Waals surface area contributed by atoms with E-state index in [-0.39, 0.29) is 74.6 Å². The average molecular weight is 2000 g/mol. The van der Waals surface area contributed by atoms with Gasteiger partial charge in [0.1, 0.15) is 151 Å². The summed E-state index contributed by atoms with van der Waals surface area (Å²) in [6.45, 7) is 18.0. The number of allylic oxidation sites excluding steroid dienone is 2. The molecule has 139 heavy (non-hydrogen) atoms. The maximum Gasteiger partial charge on any atom is 0.373 e. The first kappa shape index (κ1) is 114. The minimum Gasteiger partial charge on any atom is -0.432 e. The van der Waals surface area contributed by atoms with Crippen LogP contribution in [0.1, 0.15) is 192 Å². The van der Waals surface area contributed by atoms with Gasteiger partial charge in [0, 0.05) is 19.3 Å². The van der Waals surface area contributed by atoms with E-state index < -0.39 is 354 Å². The third kappa shape index (κ3) is 22.8. The fraction of sp³-hybridized carbons (Fsp3) is 0.926. The van der Waals surface area contributed by atoms with Crippen molar-refractivity contribution in [2.24, 2.45) is 68.0 Å². The summed E-state index contributed by atoms with van der Waals surface area (Å²) in [6, 6.07) is -1.72. The lowest BCUT2D eigenvalue weighted by atomic mass is 9.33. The zero-order valence-electron chi connectivity index (χ0n) is 80.8. The summed E-state index contributed by atoms with van der Waals surface area (Å²) in [5.74, 6) is -4.69. The predicted octanol–water partition coefficient (Wildman–Crippen LogP) is -5.10. The number of amides is 1. The van der Waals surface area contributed by atoms with Crippen molar-refractivity contribution < 1.29 is 217 Å². The molecule has 23 N–H and O–H groups in total. The Hall–Kier alpha value is -4.08. The van der Waals surface area contributed by atoms with Crippen molar-refractivity contribution in [2.75, 3.05) is 46.2 Å². The zero-order valence-corrected chi connectivity index (χ0v) is 80.8. The van der Waals surface area contributed by atoms with Crippen molar-refractivity contribution >= 4 is 30.1 Å². The van der Waals surface area contributed by atoms with Gasteiger partial charge in [-0.3, -0.25) is 14.4 Å². The van der Waals surface area contributed by atoms with Gasteiger partial charge < -0.3 is 198 Å². The quantitative estimate of drug-likeness (QED) is 0.0121. The molecule has 5 aliphatic carbocycles. The molecule has 8 aliphatic heterocycles.